The third kappa shape index (κ3) is 6.11. The summed E-state index contributed by atoms with van der Waals surface area (Å²) in [5.74, 6) is 2.74. The van der Waals surface area contributed by atoms with Gasteiger partial charge in [-0.25, -0.2) is 0 Å². The highest BCUT2D eigenvalue weighted by Gasteiger charge is 1.90. The monoisotopic (exact) mass is 238 g/mol. The summed E-state index contributed by atoms with van der Waals surface area (Å²) >= 11 is 0. The van der Waals surface area contributed by atoms with Crippen molar-refractivity contribution < 1.29 is 0 Å². The molecule has 0 atom stereocenters. The van der Waals surface area contributed by atoms with Gasteiger partial charge in [0.05, 0.1) is 0 Å². The van der Waals surface area contributed by atoms with Gasteiger partial charge in [0, 0.05) is 5.57 Å². The minimum atomic E-state index is 1.00. The summed E-state index contributed by atoms with van der Waals surface area (Å²) in [5.41, 5.74) is 2.36. The van der Waals surface area contributed by atoms with E-state index in [2.05, 4.69) is 55.3 Å². The van der Waals surface area contributed by atoms with E-state index in [9.17, 15) is 0 Å². The van der Waals surface area contributed by atoms with Crippen LogP contribution in [0, 0.1) is 12.3 Å². The molecule has 0 fully saturated rings. The van der Waals surface area contributed by atoms with Crippen molar-refractivity contribution in [1.82, 2.24) is 0 Å². The van der Waals surface area contributed by atoms with Crippen LogP contribution < -0.4 is 0 Å². The summed E-state index contributed by atoms with van der Waals surface area (Å²) in [6.07, 6.45) is 17.5. The average Bonchev–Trinajstić information content (AvgIpc) is 2.42. The first-order valence-electron chi connectivity index (χ1n) is 6.74. The molecule has 0 heteroatoms. The Morgan fingerprint density at radius 2 is 2.00 bits per heavy atom. The summed E-state index contributed by atoms with van der Waals surface area (Å²) < 4.78 is 0. The third-order valence-corrected chi connectivity index (χ3v) is 2.83. The molecule has 0 heterocycles. The normalized spacial score (nSPS) is 11.7. The van der Waals surface area contributed by atoms with Crippen molar-refractivity contribution in [1.29, 1.82) is 0 Å². The van der Waals surface area contributed by atoms with E-state index in [1.54, 1.807) is 0 Å². The lowest BCUT2D eigenvalue weighted by Crippen LogP contribution is -1.83. The summed E-state index contributed by atoms with van der Waals surface area (Å²) in [5, 5.41) is 0. The second kappa shape index (κ2) is 9.31. The fourth-order valence-corrected chi connectivity index (χ4v) is 1.75. The highest BCUT2D eigenvalue weighted by molar-refractivity contribution is 5.36. The SMILES string of the molecule is C#CC(=C\CCc1ccccc1)/C=C/CCCC. The quantitative estimate of drug-likeness (QED) is 0.359. The zero-order chi connectivity index (χ0) is 13.1. The average molecular weight is 238 g/mol. The molecule has 1 rings (SSSR count). The van der Waals surface area contributed by atoms with Gasteiger partial charge in [0.25, 0.3) is 0 Å². The van der Waals surface area contributed by atoms with Crippen LogP contribution in [0.15, 0.2) is 54.1 Å². The van der Waals surface area contributed by atoms with Gasteiger partial charge >= 0.3 is 0 Å². The smallest absolute Gasteiger partial charge is 0.0199 e. The molecule has 18 heavy (non-hydrogen) atoms. The zero-order valence-electron chi connectivity index (χ0n) is 11.2. The number of allylic oxidation sites excluding steroid dienone is 4. The van der Waals surface area contributed by atoms with Gasteiger partial charge in [-0.1, -0.05) is 74.2 Å². The molecule has 0 N–H and O–H groups in total. The van der Waals surface area contributed by atoms with Crippen molar-refractivity contribution in [3.63, 3.8) is 0 Å². The maximum Gasteiger partial charge on any atom is 0.0199 e. The number of unbranched alkanes of at least 4 members (excludes halogenated alkanes) is 2. The van der Waals surface area contributed by atoms with E-state index in [0.29, 0.717) is 0 Å². The molecule has 94 valence electrons. The summed E-state index contributed by atoms with van der Waals surface area (Å²) in [4.78, 5) is 0. The fraction of sp³-hybridized carbons (Fsp3) is 0.333. The molecule has 0 unspecified atom stereocenters. The van der Waals surface area contributed by atoms with Gasteiger partial charge in [-0.2, -0.15) is 0 Å². The van der Waals surface area contributed by atoms with E-state index in [-0.39, 0.29) is 0 Å². The standard InChI is InChI=1S/C18H22/c1-3-5-6-8-12-17(4-2)15-11-16-18-13-9-7-10-14-18/h2,7-10,12-15H,3,5-6,11,16H2,1H3/b12-8+,17-15+. The largest absolute Gasteiger partial charge is 0.115 e. The first-order chi connectivity index (χ1) is 8.86. The second-order valence-corrected chi connectivity index (χ2v) is 4.37. The number of hydrogen-bond donors (Lipinski definition) is 0. The second-order valence-electron chi connectivity index (χ2n) is 4.37. The van der Waals surface area contributed by atoms with Crippen LogP contribution in [0.1, 0.15) is 38.2 Å². The first-order valence-corrected chi connectivity index (χ1v) is 6.74. The Morgan fingerprint density at radius 3 is 2.67 bits per heavy atom. The molecule has 0 bridgehead atoms. The number of aryl methyl sites for hydroxylation is 1. The topological polar surface area (TPSA) is 0 Å². The number of rotatable bonds is 7. The number of hydrogen-bond acceptors (Lipinski definition) is 0. The van der Waals surface area contributed by atoms with Crippen LogP contribution in [-0.2, 0) is 6.42 Å². The Morgan fingerprint density at radius 1 is 1.22 bits per heavy atom. The van der Waals surface area contributed by atoms with Crippen LogP contribution in [0.3, 0.4) is 0 Å². The van der Waals surface area contributed by atoms with Crippen LogP contribution in [0.5, 0.6) is 0 Å². The molecule has 0 aliphatic rings. The predicted octanol–water partition coefficient (Wildman–Crippen LogP) is 4.93. The molecule has 0 aliphatic heterocycles. The Hall–Kier alpha value is -1.74. The van der Waals surface area contributed by atoms with E-state index in [0.717, 1.165) is 24.8 Å². The van der Waals surface area contributed by atoms with Gasteiger partial charge in [0.1, 0.15) is 0 Å². The van der Waals surface area contributed by atoms with Gasteiger partial charge in [0.15, 0.2) is 0 Å². The lowest BCUT2D eigenvalue weighted by atomic mass is 10.1. The molecule has 0 saturated heterocycles. The first kappa shape index (κ1) is 14.3. The van der Waals surface area contributed by atoms with Gasteiger partial charge < -0.3 is 0 Å². The Labute approximate surface area is 111 Å². The molecule has 0 amide bonds. The van der Waals surface area contributed by atoms with Crippen LogP contribution in [-0.4, -0.2) is 0 Å². The summed E-state index contributed by atoms with van der Waals surface area (Å²) in [6, 6.07) is 10.5. The minimum absolute atomic E-state index is 1.00. The lowest BCUT2D eigenvalue weighted by molar-refractivity contribution is 0.814. The molecular weight excluding hydrogens is 216 g/mol. The van der Waals surface area contributed by atoms with Gasteiger partial charge in [-0.15, -0.1) is 6.42 Å². The van der Waals surface area contributed by atoms with E-state index in [1.165, 1.54) is 18.4 Å². The molecule has 0 aromatic heterocycles. The number of benzene rings is 1. The van der Waals surface area contributed by atoms with Crippen molar-refractivity contribution in [3.05, 3.63) is 59.7 Å². The highest BCUT2D eigenvalue weighted by Crippen LogP contribution is 2.06. The van der Waals surface area contributed by atoms with Crippen molar-refractivity contribution >= 4 is 0 Å². The summed E-state index contributed by atoms with van der Waals surface area (Å²) in [6.45, 7) is 2.20. The molecule has 0 aliphatic carbocycles. The van der Waals surface area contributed by atoms with E-state index in [1.807, 2.05) is 6.07 Å². The van der Waals surface area contributed by atoms with Crippen molar-refractivity contribution in [2.45, 2.75) is 39.0 Å². The Balaban J connectivity index is 2.39. The molecule has 1 aromatic rings. The lowest BCUT2D eigenvalue weighted by Gasteiger charge is -1.97. The van der Waals surface area contributed by atoms with E-state index >= 15 is 0 Å². The highest BCUT2D eigenvalue weighted by atomic mass is 14.0. The zero-order valence-corrected chi connectivity index (χ0v) is 11.2. The molecule has 0 spiro atoms. The van der Waals surface area contributed by atoms with Crippen molar-refractivity contribution in [2.75, 3.05) is 0 Å². The third-order valence-electron chi connectivity index (χ3n) is 2.83. The van der Waals surface area contributed by atoms with Crippen LogP contribution >= 0.6 is 0 Å². The molecule has 1 aromatic carbocycles. The Bertz CT molecular complexity index is 415. The molecule has 0 saturated carbocycles. The number of terminal acetylenes is 1. The molecular formula is C18H22. The maximum atomic E-state index is 5.50. The van der Waals surface area contributed by atoms with E-state index in [4.69, 9.17) is 6.42 Å². The van der Waals surface area contributed by atoms with Crippen molar-refractivity contribution in [3.8, 4) is 12.3 Å². The van der Waals surface area contributed by atoms with Crippen LogP contribution in [0.25, 0.3) is 0 Å². The van der Waals surface area contributed by atoms with Gasteiger partial charge in [0.2, 0.25) is 0 Å². The predicted molar refractivity (Wildman–Crippen MR) is 80.3 cm³/mol. The van der Waals surface area contributed by atoms with E-state index < -0.39 is 0 Å². The maximum absolute atomic E-state index is 5.50. The Kier molecular flexibility index (Phi) is 7.40. The van der Waals surface area contributed by atoms with Gasteiger partial charge in [-0.3, -0.25) is 0 Å². The molecule has 0 nitrogen and oxygen atoms in total. The van der Waals surface area contributed by atoms with Crippen LogP contribution in [0.4, 0.5) is 0 Å². The van der Waals surface area contributed by atoms with Gasteiger partial charge in [-0.05, 0) is 24.8 Å². The summed E-state index contributed by atoms with van der Waals surface area (Å²) in [7, 11) is 0. The minimum Gasteiger partial charge on any atom is -0.115 e. The fourth-order valence-electron chi connectivity index (χ4n) is 1.75. The van der Waals surface area contributed by atoms with Crippen LogP contribution in [0.2, 0.25) is 0 Å². The van der Waals surface area contributed by atoms with Crippen molar-refractivity contribution in [2.24, 2.45) is 0 Å². The molecule has 0 radical (unpaired) electrons.